The van der Waals surface area contributed by atoms with Crippen LogP contribution in [0.2, 0.25) is 0 Å². The Kier molecular flexibility index (Phi) is 5.20. The topological polar surface area (TPSA) is 136 Å². The van der Waals surface area contributed by atoms with E-state index in [-0.39, 0.29) is 17.7 Å². The van der Waals surface area contributed by atoms with Crippen molar-refractivity contribution in [2.24, 2.45) is 32.4 Å². The van der Waals surface area contributed by atoms with Crippen LogP contribution < -0.4 is 16.4 Å². The van der Waals surface area contributed by atoms with Gasteiger partial charge in [-0.25, -0.2) is 4.98 Å². The van der Waals surface area contributed by atoms with Gasteiger partial charge in [-0.2, -0.15) is 4.98 Å². The lowest BCUT2D eigenvalue weighted by Crippen LogP contribution is -1.97. The molecule has 0 aliphatic rings. The average molecular weight is 364 g/mol. The molecule has 0 fully saturated rings. The van der Waals surface area contributed by atoms with Crippen molar-refractivity contribution >= 4 is 22.5 Å². The normalized spacial score (nSPS) is 11.9. The molecule has 9 heteroatoms. The molecular weight excluding hydrogens is 344 g/mol. The highest BCUT2D eigenvalue weighted by Gasteiger charge is 2.15. The molecule has 27 heavy (non-hydrogen) atoms. The first-order valence-electron chi connectivity index (χ1n) is 8.33. The largest absolute Gasteiger partial charge is 0.451 e. The van der Waals surface area contributed by atoms with Crippen molar-refractivity contribution in [1.29, 1.82) is 0 Å². The van der Waals surface area contributed by atoms with Gasteiger partial charge in [-0.05, 0) is 46.9 Å². The highest BCUT2D eigenvalue weighted by atomic mass is 16.5. The number of aryl methyl sites for hydroxylation is 1. The molecule has 4 N–H and O–H groups in total. The van der Waals surface area contributed by atoms with Crippen molar-refractivity contribution in [1.82, 2.24) is 9.97 Å². The lowest BCUT2D eigenvalue weighted by molar-refractivity contribution is 0.470. The van der Waals surface area contributed by atoms with E-state index in [1.807, 2.05) is 12.1 Å². The Bertz CT molecular complexity index is 1030. The predicted octanol–water partition coefficient (Wildman–Crippen LogP) is 4.77. The number of aromatic nitrogens is 2. The van der Waals surface area contributed by atoms with Gasteiger partial charge in [-0.15, -0.1) is 5.11 Å². The highest BCUT2D eigenvalue weighted by molar-refractivity contribution is 5.88. The molecule has 0 radical (unpaired) electrons. The maximum absolute atomic E-state index is 6.11. The minimum absolute atomic E-state index is 0.0330. The van der Waals surface area contributed by atoms with Crippen molar-refractivity contribution in [3.8, 4) is 11.5 Å². The van der Waals surface area contributed by atoms with Gasteiger partial charge in [0.05, 0.1) is 6.20 Å². The monoisotopic (exact) mass is 364 g/mol. The summed E-state index contributed by atoms with van der Waals surface area (Å²) in [4.78, 5) is 8.13. The van der Waals surface area contributed by atoms with E-state index >= 15 is 0 Å². The Morgan fingerprint density at radius 1 is 1.04 bits per heavy atom. The molecule has 0 atom stereocenters. The fraction of sp³-hybridized carbons (Fsp3) is 0.222. The Morgan fingerprint density at radius 3 is 2.52 bits per heavy atom. The average Bonchev–Trinajstić information content (AvgIpc) is 2.64. The van der Waals surface area contributed by atoms with Crippen molar-refractivity contribution in [3.63, 3.8) is 0 Å². The van der Waals surface area contributed by atoms with Gasteiger partial charge in [0.2, 0.25) is 5.82 Å². The van der Waals surface area contributed by atoms with Crippen LogP contribution in [0.1, 0.15) is 30.9 Å². The number of rotatable bonds is 5. The first-order chi connectivity index (χ1) is 13.0. The lowest BCUT2D eigenvalue weighted by atomic mass is 9.96. The first kappa shape index (κ1) is 18.2. The summed E-state index contributed by atoms with van der Waals surface area (Å²) in [6.07, 6.45) is 1.44. The summed E-state index contributed by atoms with van der Waals surface area (Å²) in [5.41, 5.74) is 2.21. The van der Waals surface area contributed by atoms with Gasteiger partial charge in [-0.1, -0.05) is 47.6 Å². The van der Waals surface area contributed by atoms with Crippen molar-refractivity contribution in [2.45, 2.75) is 26.7 Å². The predicted molar refractivity (Wildman–Crippen MR) is 102 cm³/mol. The molecule has 0 spiro atoms. The van der Waals surface area contributed by atoms with E-state index < -0.39 is 0 Å². The molecule has 0 unspecified atom stereocenters. The van der Waals surface area contributed by atoms with E-state index in [2.05, 4.69) is 69.6 Å². The molecular formula is C18H20N8O. The third kappa shape index (κ3) is 3.81. The number of benzene rings is 2. The molecule has 138 valence electrons. The lowest BCUT2D eigenvalue weighted by Gasteiger charge is -2.16. The zero-order valence-corrected chi connectivity index (χ0v) is 15.3. The van der Waals surface area contributed by atoms with Gasteiger partial charge in [0.1, 0.15) is 5.75 Å². The quantitative estimate of drug-likeness (QED) is 0.382. The summed E-state index contributed by atoms with van der Waals surface area (Å²) in [6.45, 7) is 6.27. The second kappa shape index (κ2) is 7.73. The summed E-state index contributed by atoms with van der Waals surface area (Å²) in [5.74, 6) is 11.6. The molecule has 0 aliphatic heterocycles. The Morgan fingerprint density at radius 2 is 1.81 bits per heavy atom. The first-order valence-corrected chi connectivity index (χ1v) is 8.33. The zero-order chi connectivity index (χ0) is 19.4. The summed E-state index contributed by atoms with van der Waals surface area (Å²) in [6, 6.07) is 10.3. The molecule has 0 saturated carbocycles. The van der Waals surface area contributed by atoms with Gasteiger partial charge >= 0.3 is 0 Å². The molecule has 0 saturated heterocycles. The molecule has 0 aliphatic carbocycles. The van der Waals surface area contributed by atoms with E-state index in [9.17, 15) is 0 Å². The van der Waals surface area contributed by atoms with Gasteiger partial charge in [-0.3, -0.25) is 0 Å². The van der Waals surface area contributed by atoms with Crippen LogP contribution in [0.25, 0.3) is 10.8 Å². The second-order valence-corrected chi connectivity index (χ2v) is 6.23. The number of nitrogens with two attached hydrogens (primary N) is 2. The maximum Gasteiger partial charge on any atom is 0.272 e. The Hall–Kier alpha value is -3.62. The fourth-order valence-electron chi connectivity index (χ4n) is 2.79. The minimum Gasteiger partial charge on any atom is -0.451 e. The number of nitrogens with zero attached hydrogens (tertiary/aromatic N) is 6. The van der Waals surface area contributed by atoms with Crippen LogP contribution >= 0.6 is 0 Å². The molecule has 1 aromatic heterocycles. The van der Waals surface area contributed by atoms with E-state index in [0.717, 1.165) is 21.9 Å². The smallest absolute Gasteiger partial charge is 0.272 e. The maximum atomic E-state index is 6.11. The number of hydrogen-bond donors (Lipinski definition) is 2. The summed E-state index contributed by atoms with van der Waals surface area (Å²) < 4.78 is 6.11. The van der Waals surface area contributed by atoms with Crippen LogP contribution in [0, 0.1) is 6.92 Å². The molecule has 0 bridgehead atoms. The van der Waals surface area contributed by atoms with Crippen LogP contribution in [-0.4, -0.2) is 9.97 Å². The third-order valence-electron chi connectivity index (χ3n) is 4.09. The van der Waals surface area contributed by atoms with Gasteiger partial charge in [0.15, 0.2) is 5.75 Å². The summed E-state index contributed by atoms with van der Waals surface area (Å²) >= 11 is 0. The second-order valence-electron chi connectivity index (χ2n) is 6.23. The number of fused-ring (bicyclic) bond motifs is 1. The number of ether oxygens (including phenoxy) is 1. The highest BCUT2D eigenvalue weighted by Crippen LogP contribution is 2.38. The van der Waals surface area contributed by atoms with Crippen LogP contribution in [0.5, 0.6) is 11.5 Å². The zero-order valence-electron chi connectivity index (χ0n) is 15.3. The van der Waals surface area contributed by atoms with Crippen molar-refractivity contribution in [2.75, 3.05) is 0 Å². The van der Waals surface area contributed by atoms with Gasteiger partial charge in [0, 0.05) is 0 Å². The van der Waals surface area contributed by atoms with Crippen LogP contribution in [-0.2, 0) is 0 Å². The van der Waals surface area contributed by atoms with Crippen LogP contribution in [0.15, 0.2) is 57.2 Å². The van der Waals surface area contributed by atoms with Gasteiger partial charge < -0.3 is 16.4 Å². The molecule has 9 nitrogen and oxygen atoms in total. The molecule has 3 rings (SSSR count). The van der Waals surface area contributed by atoms with Crippen LogP contribution in [0.3, 0.4) is 0 Å². The van der Waals surface area contributed by atoms with E-state index in [1.165, 1.54) is 6.20 Å². The minimum atomic E-state index is 0.0330. The molecule has 3 aromatic rings. The third-order valence-corrected chi connectivity index (χ3v) is 4.09. The fourth-order valence-corrected chi connectivity index (χ4v) is 2.79. The van der Waals surface area contributed by atoms with E-state index in [4.69, 9.17) is 16.4 Å². The Balaban J connectivity index is 2.13. The number of hydrogen-bond acceptors (Lipinski definition) is 7. The standard InChI is InChI=1S/C18H20N8O/c1-10(2)13-7-12-6-4-5-11(3)14(12)8-15(13)27-16-9-21-18(24-26-20)22-17(16)23-25-19/h4-10H,1-3H3,(H4,19,20,21,22,23,24). The van der Waals surface area contributed by atoms with Crippen LogP contribution in [0.4, 0.5) is 11.8 Å². The Labute approximate surface area is 156 Å². The van der Waals surface area contributed by atoms with E-state index in [1.54, 1.807) is 0 Å². The van der Waals surface area contributed by atoms with E-state index in [0.29, 0.717) is 11.5 Å². The van der Waals surface area contributed by atoms with Crippen molar-refractivity contribution in [3.05, 3.63) is 47.7 Å². The molecule has 0 amide bonds. The summed E-state index contributed by atoms with van der Waals surface area (Å²) in [7, 11) is 0. The SMILES string of the molecule is Cc1cccc2cc(C(C)C)c(Oc3cnc(N=NN)nc3N=NN)cc12. The van der Waals surface area contributed by atoms with Gasteiger partial charge in [0.25, 0.3) is 5.95 Å². The van der Waals surface area contributed by atoms with Crippen molar-refractivity contribution < 1.29 is 4.74 Å². The molecule has 2 aromatic carbocycles. The summed E-state index contributed by atoms with van der Waals surface area (Å²) in [5, 5.41) is 16.1. The molecule has 1 heterocycles.